The average Bonchev–Trinajstić information content (AvgIpc) is 2.50. The smallest absolute Gasteiger partial charge is 0.125 e. The minimum absolute atomic E-state index is 0.0962. The van der Waals surface area contributed by atoms with Gasteiger partial charge in [-0.25, -0.2) is 0 Å². The Morgan fingerprint density at radius 1 is 1.22 bits per heavy atom. The normalized spacial score (nSPS) is 12.8. The first-order chi connectivity index (χ1) is 8.08. The van der Waals surface area contributed by atoms with Crippen LogP contribution in [0.25, 0.3) is 0 Å². The topological polar surface area (TPSA) is 34.9 Å². The van der Waals surface area contributed by atoms with Gasteiger partial charge in [-0.2, -0.15) is 5.10 Å². The summed E-state index contributed by atoms with van der Waals surface area (Å²) in [5.41, 5.74) is 3.53. The molecular weight excluding hydrogens is 224 g/mol. The van der Waals surface area contributed by atoms with Crippen LogP contribution < -0.4 is 0 Å². The molecule has 0 saturated heterocycles. The van der Waals surface area contributed by atoms with Crippen molar-refractivity contribution in [1.29, 1.82) is 0 Å². The summed E-state index contributed by atoms with van der Waals surface area (Å²) in [5.74, 6) is 0. The van der Waals surface area contributed by atoms with Crippen molar-refractivity contribution in [3.63, 3.8) is 0 Å². The maximum Gasteiger partial charge on any atom is 0.125 e. The third-order valence-corrected chi connectivity index (χ3v) is 3.42. The van der Waals surface area contributed by atoms with E-state index in [1.807, 2.05) is 25.6 Å². The number of aryl methyl sites for hydroxylation is 2. The highest BCUT2D eigenvalue weighted by molar-refractivity contribution is 5.57. The molecule has 1 rings (SSSR count). The van der Waals surface area contributed by atoms with Gasteiger partial charge in [0.05, 0.1) is 5.69 Å². The van der Waals surface area contributed by atoms with Crippen molar-refractivity contribution in [2.45, 2.75) is 59.8 Å². The Morgan fingerprint density at radius 2 is 1.78 bits per heavy atom. The summed E-state index contributed by atoms with van der Waals surface area (Å²) in [7, 11) is 1.99. The van der Waals surface area contributed by atoms with Crippen LogP contribution in [0.5, 0.6) is 0 Å². The monoisotopic (exact) mass is 250 g/mol. The zero-order valence-electron chi connectivity index (χ0n) is 12.8. The van der Waals surface area contributed by atoms with Gasteiger partial charge in [0.25, 0.3) is 0 Å². The third-order valence-electron chi connectivity index (χ3n) is 3.42. The number of hydrogen-bond donors (Lipinski definition) is 0. The van der Waals surface area contributed by atoms with Crippen LogP contribution in [-0.4, -0.2) is 16.1 Å². The summed E-state index contributed by atoms with van der Waals surface area (Å²) in [6, 6.07) is 0. The number of aldehydes is 1. The van der Waals surface area contributed by atoms with Crippen molar-refractivity contribution < 1.29 is 4.79 Å². The average molecular weight is 250 g/mol. The van der Waals surface area contributed by atoms with Crippen molar-refractivity contribution in [2.24, 2.45) is 12.5 Å². The van der Waals surface area contributed by atoms with E-state index < -0.39 is 0 Å². The Hall–Kier alpha value is -1.12. The van der Waals surface area contributed by atoms with E-state index in [1.165, 1.54) is 11.3 Å². The maximum absolute atomic E-state index is 11.0. The maximum atomic E-state index is 11.0. The summed E-state index contributed by atoms with van der Waals surface area (Å²) in [6.45, 7) is 12.7. The van der Waals surface area contributed by atoms with Crippen LogP contribution in [0.4, 0.5) is 0 Å². The van der Waals surface area contributed by atoms with Gasteiger partial charge >= 0.3 is 0 Å². The molecule has 0 saturated carbocycles. The van der Waals surface area contributed by atoms with Crippen molar-refractivity contribution >= 4 is 6.29 Å². The van der Waals surface area contributed by atoms with Crippen molar-refractivity contribution in [3.8, 4) is 0 Å². The van der Waals surface area contributed by atoms with Crippen molar-refractivity contribution in [2.75, 3.05) is 0 Å². The number of nitrogens with zero attached hydrogens (tertiary/aromatic N) is 2. The Bertz CT molecular complexity index is 436. The van der Waals surface area contributed by atoms with Crippen LogP contribution >= 0.6 is 0 Å². The van der Waals surface area contributed by atoms with Gasteiger partial charge in [-0.1, -0.05) is 34.6 Å². The van der Waals surface area contributed by atoms with Crippen molar-refractivity contribution in [3.05, 3.63) is 17.0 Å². The highest BCUT2D eigenvalue weighted by Gasteiger charge is 2.26. The van der Waals surface area contributed by atoms with E-state index in [0.717, 1.165) is 24.8 Å². The van der Waals surface area contributed by atoms with E-state index >= 15 is 0 Å². The van der Waals surface area contributed by atoms with Gasteiger partial charge in [-0.05, 0) is 25.2 Å². The van der Waals surface area contributed by atoms with E-state index in [1.54, 1.807) is 0 Å². The van der Waals surface area contributed by atoms with Crippen LogP contribution in [0.1, 0.15) is 58.0 Å². The highest BCUT2D eigenvalue weighted by atomic mass is 16.1. The Labute approximate surface area is 111 Å². The summed E-state index contributed by atoms with van der Waals surface area (Å²) >= 11 is 0. The molecule has 0 radical (unpaired) electrons. The van der Waals surface area contributed by atoms with E-state index in [-0.39, 0.29) is 10.8 Å². The Balaban J connectivity index is 3.06. The first kappa shape index (κ1) is 14.9. The first-order valence-electron chi connectivity index (χ1n) is 6.58. The van der Waals surface area contributed by atoms with Gasteiger partial charge in [-0.15, -0.1) is 0 Å². The fourth-order valence-electron chi connectivity index (χ4n) is 2.47. The second kappa shape index (κ2) is 4.87. The van der Waals surface area contributed by atoms with Crippen molar-refractivity contribution in [1.82, 2.24) is 9.78 Å². The first-order valence-corrected chi connectivity index (χ1v) is 6.58. The zero-order chi connectivity index (χ0) is 14.1. The SMILES string of the molecule is Cc1nn(C)c(CCC(C)(C)C=O)c1C(C)(C)C. The molecule has 0 aliphatic heterocycles. The lowest BCUT2D eigenvalue weighted by Gasteiger charge is -2.22. The molecule has 0 bridgehead atoms. The second-order valence-corrected chi connectivity index (χ2v) is 6.89. The minimum atomic E-state index is -0.257. The van der Waals surface area contributed by atoms with Crippen LogP contribution in [0, 0.1) is 12.3 Å². The van der Waals surface area contributed by atoms with E-state index in [4.69, 9.17) is 0 Å². The third kappa shape index (κ3) is 3.21. The van der Waals surface area contributed by atoms with Gasteiger partial charge in [0.2, 0.25) is 0 Å². The molecule has 1 aromatic heterocycles. The van der Waals surface area contributed by atoms with Gasteiger partial charge in [0.15, 0.2) is 0 Å². The second-order valence-electron chi connectivity index (χ2n) is 6.89. The fraction of sp³-hybridized carbons (Fsp3) is 0.733. The molecule has 3 nitrogen and oxygen atoms in total. The molecule has 0 atom stereocenters. The van der Waals surface area contributed by atoms with Crippen LogP contribution in [0.2, 0.25) is 0 Å². The molecule has 0 spiro atoms. The molecule has 0 N–H and O–H groups in total. The molecule has 3 heteroatoms. The molecule has 0 aliphatic carbocycles. The lowest BCUT2D eigenvalue weighted by Crippen LogP contribution is -2.19. The van der Waals surface area contributed by atoms with E-state index in [2.05, 4.69) is 32.8 Å². The molecular formula is C15H26N2O. The Morgan fingerprint density at radius 3 is 2.22 bits per heavy atom. The summed E-state index contributed by atoms with van der Waals surface area (Å²) in [5, 5.41) is 4.53. The molecule has 18 heavy (non-hydrogen) atoms. The molecule has 0 aromatic carbocycles. The number of rotatable bonds is 4. The largest absolute Gasteiger partial charge is 0.303 e. The van der Waals surface area contributed by atoms with Gasteiger partial charge in [-0.3, -0.25) is 4.68 Å². The predicted octanol–water partition coefficient (Wildman–Crippen LogP) is 3.18. The number of carbonyl (C=O) groups is 1. The molecule has 0 amide bonds. The highest BCUT2D eigenvalue weighted by Crippen LogP contribution is 2.31. The zero-order valence-corrected chi connectivity index (χ0v) is 12.8. The summed E-state index contributed by atoms with van der Waals surface area (Å²) < 4.78 is 1.97. The minimum Gasteiger partial charge on any atom is -0.303 e. The summed E-state index contributed by atoms with van der Waals surface area (Å²) in [4.78, 5) is 11.0. The fourth-order valence-corrected chi connectivity index (χ4v) is 2.47. The number of hydrogen-bond acceptors (Lipinski definition) is 2. The lowest BCUT2D eigenvalue weighted by molar-refractivity contribution is -0.114. The van der Waals surface area contributed by atoms with Gasteiger partial charge in [0.1, 0.15) is 6.29 Å². The van der Waals surface area contributed by atoms with E-state index in [9.17, 15) is 4.79 Å². The molecule has 0 aliphatic rings. The lowest BCUT2D eigenvalue weighted by atomic mass is 9.82. The van der Waals surface area contributed by atoms with Gasteiger partial charge < -0.3 is 4.79 Å². The predicted molar refractivity (Wildman–Crippen MR) is 74.8 cm³/mol. The Kier molecular flexibility index (Phi) is 4.04. The van der Waals surface area contributed by atoms with E-state index in [0.29, 0.717) is 0 Å². The number of carbonyl (C=O) groups excluding carboxylic acids is 1. The van der Waals surface area contributed by atoms with Crippen LogP contribution in [-0.2, 0) is 23.7 Å². The van der Waals surface area contributed by atoms with Crippen LogP contribution in [0.3, 0.4) is 0 Å². The molecule has 0 fully saturated rings. The molecule has 102 valence electrons. The van der Waals surface area contributed by atoms with Gasteiger partial charge in [0, 0.05) is 23.7 Å². The van der Waals surface area contributed by atoms with Crippen LogP contribution in [0.15, 0.2) is 0 Å². The molecule has 1 aromatic rings. The summed E-state index contributed by atoms with van der Waals surface area (Å²) in [6.07, 6.45) is 2.81. The quantitative estimate of drug-likeness (QED) is 0.769. The standard InChI is InChI=1S/C15H26N2O/c1-11-13(14(2,3)4)12(17(7)16-11)8-9-15(5,6)10-18/h10H,8-9H2,1-7H3. The number of aromatic nitrogens is 2. The molecule has 0 unspecified atom stereocenters. The molecule has 1 heterocycles.